The zero-order valence-electron chi connectivity index (χ0n) is 16.2. The lowest BCUT2D eigenvalue weighted by molar-refractivity contribution is -0.141. The molecule has 2 heterocycles. The Kier molecular flexibility index (Phi) is 7.61. The number of aryl methyl sites for hydroxylation is 1. The summed E-state index contributed by atoms with van der Waals surface area (Å²) in [6.07, 6.45) is 4.07. The average Bonchev–Trinajstić information content (AvgIpc) is 3.17. The molecule has 2 aromatic rings. The lowest BCUT2D eigenvalue weighted by atomic mass is 10.1. The summed E-state index contributed by atoms with van der Waals surface area (Å²) in [6.45, 7) is -0.0662. The second kappa shape index (κ2) is 10.4. The molecule has 1 aromatic carbocycles. The Bertz CT molecular complexity index is 861. The highest BCUT2D eigenvalue weighted by Gasteiger charge is 2.35. The molecule has 160 valence electrons. The Labute approximate surface area is 177 Å². The molecule has 3 rings (SSSR count). The quantitative estimate of drug-likeness (QED) is 0.460. The number of carboxylic acid groups (broad SMARTS) is 2. The monoisotopic (exact) mass is 432 g/mol. The molecule has 1 aromatic heterocycles. The van der Waals surface area contributed by atoms with Gasteiger partial charge in [0.15, 0.2) is 0 Å². The van der Waals surface area contributed by atoms with E-state index in [1.807, 2.05) is 18.2 Å². The Morgan fingerprint density at radius 2 is 2.07 bits per heavy atom. The van der Waals surface area contributed by atoms with Crippen molar-refractivity contribution >= 4 is 28.8 Å². The van der Waals surface area contributed by atoms with Crippen LogP contribution in [0.3, 0.4) is 0 Å². The van der Waals surface area contributed by atoms with E-state index < -0.39 is 24.0 Å². The molecule has 4 N–H and O–H groups in total. The van der Waals surface area contributed by atoms with Crippen LogP contribution in [-0.2, 0) is 20.8 Å². The van der Waals surface area contributed by atoms with Gasteiger partial charge in [0.2, 0.25) is 5.12 Å². The average molecular weight is 433 g/mol. The summed E-state index contributed by atoms with van der Waals surface area (Å²) in [7, 11) is 0. The van der Waals surface area contributed by atoms with E-state index in [1.165, 1.54) is 0 Å². The summed E-state index contributed by atoms with van der Waals surface area (Å²) in [4.78, 5) is 44.7. The third kappa shape index (κ3) is 5.91. The van der Waals surface area contributed by atoms with Crippen molar-refractivity contribution in [1.82, 2.24) is 20.2 Å². The fourth-order valence-corrected chi connectivity index (χ4v) is 4.55. The van der Waals surface area contributed by atoms with Crippen molar-refractivity contribution in [1.29, 1.82) is 0 Å². The third-order valence-electron chi connectivity index (χ3n) is 4.88. The SMILES string of the molecule is O=C(O)CN1CC(NC(CCc2ncc[nH]2)C(=O)O)CSC(=O)C1c1ccccc1. The maximum Gasteiger partial charge on any atom is 0.320 e. The van der Waals surface area contributed by atoms with E-state index in [-0.39, 0.29) is 24.2 Å². The van der Waals surface area contributed by atoms with E-state index in [0.717, 1.165) is 17.3 Å². The second-order valence-corrected chi connectivity index (χ2v) is 8.12. The molecule has 0 saturated carbocycles. The number of hydrogen-bond acceptors (Lipinski definition) is 7. The standard InChI is InChI=1S/C20H24N4O5S/c25-17(26)11-24-10-14(12-30-20(29)18(24)13-4-2-1-3-5-13)23-15(19(27)28)6-7-16-21-8-9-22-16/h1-5,8-9,14-15,18,23H,6-7,10-12H2,(H,21,22)(H,25,26)(H,27,28). The van der Waals surface area contributed by atoms with E-state index in [4.69, 9.17) is 0 Å². The molecule has 0 aliphatic carbocycles. The summed E-state index contributed by atoms with van der Waals surface area (Å²) in [5.74, 6) is -0.971. The highest BCUT2D eigenvalue weighted by Crippen LogP contribution is 2.30. The topological polar surface area (TPSA) is 136 Å². The molecule has 0 radical (unpaired) electrons. The van der Waals surface area contributed by atoms with Crippen LogP contribution in [0.15, 0.2) is 42.7 Å². The second-order valence-electron chi connectivity index (χ2n) is 7.10. The first-order valence-electron chi connectivity index (χ1n) is 9.58. The summed E-state index contributed by atoms with van der Waals surface area (Å²) in [5, 5.41) is 22.0. The molecule has 1 fully saturated rings. The van der Waals surface area contributed by atoms with Gasteiger partial charge >= 0.3 is 11.9 Å². The summed E-state index contributed by atoms with van der Waals surface area (Å²) >= 11 is 1.10. The van der Waals surface area contributed by atoms with Crippen LogP contribution in [0, 0.1) is 0 Å². The van der Waals surface area contributed by atoms with Gasteiger partial charge in [-0.05, 0) is 12.0 Å². The van der Waals surface area contributed by atoms with E-state index in [1.54, 1.807) is 29.4 Å². The Balaban J connectivity index is 1.74. The zero-order valence-corrected chi connectivity index (χ0v) is 17.0. The molecular weight excluding hydrogens is 408 g/mol. The molecule has 0 amide bonds. The number of rotatable bonds is 9. The van der Waals surface area contributed by atoms with Crippen molar-refractivity contribution in [3.8, 4) is 0 Å². The van der Waals surface area contributed by atoms with E-state index in [2.05, 4.69) is 15.3 Å². The van der Waals surface area contributed by atoms with Gasteiger partial charge in [0.25, 0.3) is 0 Å². The van der Waals surface area contributed by atoms with Gasteiger partial charge in [-0.3, -0.25) is 24.6 Å². The number of aromatic amines is 1. The van der Waals surface area contributed by atoms with Gasteiger partial charge in [-0.15, -0.1) is 0 Å². The number of nitrogens with zero attached hydrogens (tertiary/aromatic N) is 2. The lowest BCUT2D eigenvalue weighted by Crippen LogP contribution is -2.50. The molecule has 9 nitrogen and oxygen atoms in total. The molecule has 1 aliphatic heterocycles. The molecule has 30 heavy (non-hydrogen) atoms. The number of H-pyrrole nitrogens is 1. The van der Waals surface area contributed by atoms with Gasteiger partial charge in [0.1, 0.15) is 17.9 Å². The first-order chi connectivity index (χ1) is 14.4. The van der Waals surface area contributed by atoms with Crippen molar-refractivity contribution in [3.05, 3.63) is 54.1 Å². The number of aliphatic carboxylic acids is 2. The Morgan fingerprint density at radius 1 is 1.30 bits per heavy atom. The summed E-state index contributed by atoms with van der Waals surface area (Å²) < 4.78 is 0. The first kappa shape index (κ1) is 22.0. The van der Waals surface area contributed by atoms with E-state index in [9.17, 15) is 24.6 Å². The van der Waals surface area contributed by atoms with Crippen LogP contribution in [0.2, 0.25) is 0 Å². The minimum atomic E-state index is -1.04. The minimum Gasteiger partial charge on any atom is -0.480 e. The van der Waals surface area contributed by atoms with Crippen LogP contribution in [0.5, 0.6) is 0 Å². The smallest absolute Gasteiger partial charge is 0.320 e. The van der Waals surface area contributed by atoms with Crippen LogP contribution in [0.25, 0.3) is 0 Å². The molecule has 0 spiro atoms. The fourth-order valence-electron chi connectivity index (χ4n) is 3.54. The Hall–Kier alpha value is -2.69. The highest BCUT2D eigenvalue weighted by molar-refractivity contribution is 8.13. The van der Waals surface area contributed by atoms with Gasteiger partial charge in [-0.2, -0.15) is 0 Å². The number of thioether (sulfide) groups is 1. The van der Waals surface area contributed by atoms with Gasteiger partial charge in [0.05, 0.1) is 6.54 Å². The van der Waals surface area contributed by atoms with Gasteiger partial charge < -0.3 is 15.2 Å². The minimum absolute atomic E-state index is 0.144. The zero-order chi connectivity index (χ0) is 21.5. The van der Waals surface area contributed by atoms with Crippen LogP contribution < -0.4 is 5.32 Å². The van der Waals surface area contributed by atoms with Crippen molar-refractivity contribution in [3.63, 3.8) is 0 Å². The van der Waals surface area contributed by atoms with Crippen LogP contribution >= 0.6 is 11.8 Å². The Morgan fingerprint density at radius 3 is 2.70 bits per heavy atom. The number of aromatic nitrogens is 2. The first-order valence-corrected chi connectivity index (χ1v) is 10.6. The fraction of sp³-hybridized carbons (Fsp3) is 0.400. The van der Waals surface area contributed by atoms with Crippen molar-refractivity contribution in [2.75, 3.05) is 18.8 Å². The molecule has 0 bridgehead atoms. The highest BCUT2D eigenvalue weighted by atomic mass is 32.2. The number of nitrogens with one attached hydrogen (secondary N) is 2. The van der Waals surface area contributed by atoms with Crippen molar-refractivity contribution < 1.29 is 24.6 Å². The van der Waals surface area contributed by atoms with Crippen LogP contribution in [-0.4, -0.2) is 73.1 Å². The number of carboxylic acids is 2. The maximum absolute atomic E-state index is 12.8. The largest absolute Gasteiger partial charge is 0.480 e. The van der Waals surface area contributed by atoms with Gasteiger partial charge in [-0.1, -0.05) is 42.1 Å². The number of benzene rings is 1. The lowest BCUT2D eigenvalue weighted by Gasteiger charge is -2.30. The molecule has 3 atom stereocenters. The molecule has 1 saturated heterocycles. The number of carbonyl (C=O) groups is 3. The van der Waals surface area contributed by atoms with E-state index in [0.29, 0.717) is 24.4 Å². The number of hydrogen-bond donors (Lipinski definition) is 4. The number of carbonyl (C=O) groups excluding carboxylic acids is 1. The predicted molar refractivity (Wildman–Crippen MR) is 111 cm³/mol. The normalized spacial score (nSPS) is 21.1. The summed E-state index contributed by atoms with van der Waals surface area (Å²) in [6, 6.07) is 7.17. The molecule has 10 heteroatoms. The van der Waals surface area contributed by atoms with E-state index >= 15 is 0 Å². The molecule has 3 unspecified atom stereocenters. The van der Waals surface area contributed by atoms with Crippen molar-refractivity contribution in [2.45, 2.75) is 31.0 Å². The number of imidazole rings is 1. The van der Waals surface area contributed by atoms with Gasteiger partial charge in [-0.25, -0.2) is 4.98 Å². The van der Waals surface area contributed by atoms with Gasteiger partial charge in [0, 0.05) is 37.2 Å². The van der Waals surface area contributed by atoms with Crippen LogP contribution in [0.4, 0.5) is 0 Å². The molecular formula is C20H24N4O5S. The predicted octanol–water partition coefficient (Wildman–Crippen LogP) is 1.16. The van der Waals surface area contributed by atoms with Crippen molar-refractivity contribution in [2.24, 2.45) is 0 Å². The third-order valence-corrected chi connectivity index (χ3v) is 5.96. The molecule has 1 aliphatic rings. The summed E-state index contributed by atoms with van der Waals surface area (Å²) in [5.41, 5.74) is 0.726. The maximum atomic E-state index is 12.8. The van der Waals surface area contributed by atoms with Crippen LogP contribution in [0.1, 0.15) is 23.9 Å².